The molecule has 3 rings (SSSR count). The Morgan fingerprint density at radius 1 is 1.09 bits per heavy atom. The van der Waals surface area contributed by atoms with Gasteiger partial charge in [-0.2, -0.15) is 5.26 Å². The van der Waals surface area contributed by atoms with Gasteiger partial charge in [0.05, 0.1) is 43.0 Å². The van der Waals surface area contributed by atoms with Crippen LogP contribution in [0.5, 0.6) is 0 Å². The molecule has 0 spiro atoms. The molecule has 1 unspecified atom stereocenters. The van der Waals surface area contributed by atoms with E-state index in [0.29, 0.717) is 11.3 Å². The number of carbonyl (C=O) groups excluding carboxylic acids is 2. The first kappa shape index (κ1) is 23.1. The van der Waals surface area contributed by atoms with E-state index in [1.165, 1.54) is 19.1 Å². The van der Waals surface area contributed by atoms with Crippen LogP contribution in [-0.4, -0.2) is 26.2 Å². The van der Waals surface area contributed by atoms with Crippen LogP contribution < -0.4 is 10.6 Å². The van der Waals surface area contributed by atoms with Crippen molar-refractivity contribution < 1.29 is 19.1 Å². The van der Waals surface area contributed by atoms with E-state index in [2.05, 4.69) is 22.0 Å². The maximum atomic E-state index is 13.1. The summed E-state index contributed by atoms with van der Waals surface area (Å²) in [5, 5.41) is 10.1. The highest BCUT2D eigenvalue weighted by atomic mass is 79.9. The van der Waals surface area contributed by atoms with Crippen LogP contribution in [0.15, 0.2) is 69.6 Å². The minimum absolute atomic E-state index is 0.0201. The second kappa shape index (κ2) is 9.28. The molecular weight excluding hydrogens is 474 g/mol. The number of halogens is 1. The molecule has 0 bridgehead atoms. The van der Waals surface area contributed by atoms with Gasteiger partial charge >= 0.3 is 11.9 Å². The molecule has 7 nitrogen and oxygen atoms in total. The number of carbonyl (C=O) groups is 2. The fourth-order valence-corrected chi connectivity index (χ4v) is 4.36. The monoisotopic (exact) mass is 495 g/mol. The lowest BCUT2D eigenvalue weighted by atomic mass is 9.80. The summed E-state index contributed by atoms with van der Waals surface area (Å²) in [6, 6.07) is 14.8. The number of rotatable bonds is 4. The van der Waals surface area contributed by atoms with E-state index in [4.69, 9.17) is 15.2 Å². The Hall–Kier alpha value is -3.57. The van der Waals surface area contributed by atoms with Crippen molar-refractivity contribution in [2.75, 3.05) is 19.1 Å². The number of nitrogens with zero attached hydrogens (tertiary/aromatic N) is 2. The van der Waals surface area contributed by atoms with Gasteiger partial charge in [0.2, 0.25) is 0 Å². The summed E-state index contributed by atoms with van der Waals surface area (Å²) in [5.41, 5.74) is 9.35. The number of allylic oxidation sites excluding steroid dienone is 1. The number of hydrogen-bond acceptors (Lipinski definition) is 7. The molecule has 1 heterocycles. The molecule has 2 aromatic carbocycles. The number of aryl methyl sites for hydroxylation is 1. The van der Waals surface area contributed by atoms with Crippen molar-refractivity contribution in [1.82, 2.24) is 0 Å². The quantitative estimate of drug-likeness (QED) is 0.639. The third-order valence-electron chi connectivity index (χ3n) is 5.31. The van der Waals surface area contributed by atoms with Crippen molar-refractivity contribution in [3.8, 4) is 6.07 Å². The lowest BCUT2D eigenvalue weighted by Crippen LogP contribution is -2.41. The van der Waals surface area contributed by atoms with E-state index in [9.17, 15) is 14.9 Å². The van der Waals surface area contributed by atoms with Gasteiger partial charge in [-0.3, -0.25) is 4.90 Å². The number of nitrogens with two attached hydrogens (primary N) is 1. The number of methoxy groups -OCH3 is 2. The molecule has 0 radical (unpaired) electrons. The van der Waals surface area contributed by atoms with Gasteiger partial charge in [-0.05, 0) is 42.7 Å². The zero-order valence-corrected chi connectivity index (χ0v) is 19.7. The number of benzene rings is 2. The highest BCUT2D eigenvalue weighted by Gasteiger charge is 2.43. The lowest BCUT2D eigenvalue weighted by Gasteiger charge is -2.36. The van der Waals surface area contributed by atoms with Gasteiger partial charge in [0.1, 0.15) is 11.5 Å². The average Bonchev–Trinajstić information content (AvgIpc) is 2.80. The number of nitriles is 1. The largest absolute Gasteiger partial charge is 0.466 e. The molecule has 32 heavy (non-hydrogen) atoms. The molecule has 2 aromatic rings. The van der Waals surface area contributed by atoms with E-state index in [0.717, 1.165) is 15.6 Å². The van der Waals surface area contributed by atoms with Crippen LogP contribution >= 0.6 is 15.9 Å². The molecular formula is C24H22BrN3O4. The second-order valence-corrected chi connectivity index (χ2v) is 8.08. The molecule has 1 aliphatic heterocycles. The smallest absolute Gasteiger partial charge is 0.355 e. The minimum Gasteiger partial charge on any atom is -0.466 e. The van der Waals surface area contributed by atoms with Crippen molar-refractivity contribution in [3.63, 3.8) is 0 Å². The predicted octanol–water partition coefficient (Wildman–Crippen LogP) is 3.96. The van der Waals surface area contributed by atoms with Gasteiger partial charge in [-0.15, -0.1) is 0 Å². The Kier molecular flexibility index (Phi) is 6.70. The fourth-order valence-electron chi connectivity index (χ4n) is 3.79. The Bertz CT molecular complexity index is 1200. The Morgan fingerprint density at radius 2 is 1.72 bits per heavy atom. The van der Waals surface area contributed by atoms with Gasteiger partial charge in [-0.25, -0.2) is 9.59 Å². The summed E-state index contributed by atoms with van der Waals surface area (Å²) in [6.45, 7) is 3.73. The molecule has 0 saturated heterocycles. The Morgan fingerprint density at radius 3 is 2.28 bits per heavy atom. The first-order valence-corrected chi connectivity index (χ1v) is 10.5. The third kappa shape index (κ3) is 3.87. The van der Waals surface area contributed by atoms with Crippen LogP contribution in [0, 0.1) is 25.2 Å². The standard InChI is InChI=1S/C24H22BrN3O4/c1-13-10-17(25)14(2)18(11-13)28-21(24(30)32-4)20(23(29)31-3)19(16(12-26)22(28)27)15-8-6-5-7-9-15/h5-11,19H,27H2,1-4H3. The SMILES string of the molecule is COC(=O)C1=C(C(=O)OC)N(c2cc(C)cc(Br)c2C)C(N)=C(C#N)C1c1ccccc1. The van der Waals surface area contributed by atoms with Crippen LogP contribution in [-0.2, 0) is 19.1 Å². The lowest BCUT2D eigenvalue weighted by molar-refractivity contribution is -0.139. The van der Waals surface area contributed by atoms with E-state index in [1.54, 1.807) is 24.3 Å². The Labute approximate surface area is 194 Å². The second-order valence-electron chi connectivity index (χ2n) is 7.23. The van der Waals surface area contributed by atoms with Gasteiger partial charge in [0.15, 0.2) is 0 Å². The average molecular weight is 496 g/mol. The van der Waals surface area contributed by atoms with Crippen LogP contribution in [0.2, 0.25) is 0 Å². The number of hydrogen-bond donors (Lipinski definition) is 1. The van der Waals surface area contributed by atoms with E-state index < -0.39 is 17.9 Å². The zero-order valence-electron chi connectivity index (χ0n) is 18.1. The molecule has 164 valence electrons. The van der Waals surface area contributed by atoms with Gasteiger partial charge < -0.3 is 15.2 Å². The van der Waals surface area contributed by atoms with Crippen LogP contribution in [0.4, 0.5) is 5.69 Å². The molecule has 0 amide bonds. The topological polar surface area (TPSA) is 106 Å². The van der Waals surface area contributed by atoms with E-state index >= 15 is 0 Å². The predicted molar refractivity (Wildman–Crippen MR) is 123 cm³/mol. The summed E-state index contributed by atoms with van der Waals surface area (Å²) < 4.78 is 10.9. The van der Waals surface area contributed by atoms with Crippen molar-refractivity contribution >= 4 is 33.6 Å². The number of ether oxygens (including phenoxy) is 2. The maximum Gasteiger partial charge on any atom is 0.355 e. The molecule has 0 aliphatic carbocycles. The summed E-state index contributed by atoms with van der Waals surface area (Å²) in [5.74, 6) is -2.39. The zero-order chi connectivity index (χ0) is 23.6. The molecule has 1 atom stereocenters. The highest BCUT2D eigenvalue weighted by molar-refractivity contribution is 9.10. The normalized spacial score (nSPS) is 16.0. The molecule has 8 heteroatoms. The van der Waals surface area contributed by atoms with Crippen molar-refractivity contribution in [2.24, 2.45) is 5.73 Å². The highest BCUT2D eigenvalue weighted by Crippen LogP contribution is 2.44. The fraction of sp³-hybridized carbons (Fsp3) is 0.208. The van der Waals surface area contributed by atoms with Crippen LogP contribution in [0.25, 0.3) is 0 Å². The van der Waals surface area contributed by atoms with Crippen LogP contribution in [0.1, 0.15) is 22.6 Å². The number of esters is 2. The molecule has 1 aliphatic rings. The van der Waals surface area contributed by atoms with Crippen molar-refractivity contribution in [3.05, 3.63) is 86.3 Å². The van der Waals surface area contributed by atoms with Gasteiger partial charge in [0.25, 0.3) is 0 Å². The first-order valence-electron chi connectivity index (χ1n) is 9.69. The molecule has 2 N–H and O–H groups in total. The summed E-state index contributed by atoms with van der Waals surface area (Å²) in [6.07, 6.45) is 0. The van der Waals surface area contributed by atoms with Crippen molar-refractivity contribution in [2.45, 2.75) is 19.8 Å². The van der Waals surface area contributed by atoms with Gasteiger partial charge in [-0.1, -0.05) is 46.3 Å². The summed E-state index contributed by atoms with van der Waals surface area (Å²) in [7, 11) is 2.44. The number of anilines is 1. The molecule has 0 saturated carbocycles. The summed E-state index contributed by atoms with van der Waals surface area (Å²) in [4.78, 5) is 27.5. The molecule has 0 aromatic heterocycles. The van der Waals surface area contributed by atoms with E-state index in [1.807, 2.05) is 32.0 Å². The summed E-state index contributed by atoms with van der Waals surface area (Å²) >= 11 is 3.52. The third-order valence-corrected chi connectivity index (χ3v) is 6.14. The Balaban J connectivity index is 2.47. The molecule has 0 fully saturated rings. The van der Waals surface area contributed by atoms with E-state index in [-0.39, 0.29) is 22.7 Å². The van der Waals surface area contributed by atoms with Crippen LogP contribution in [0.3, 0.4) is 0 Å². The first-order chi connectivity index (χ1) is 15.3. The maximum absolute atomic E-state index is 13.1. The minimum atomic E-state index is -0.896. The van der Waals surface area contributed by atoms with Gasteiger partial charge in [0, 0.05) is 4.47 Å². The van der Waals surface area contributed by atoms with Crippen molar-refractivity contribution in [1.29, 1.82) is 5.26 Å².